The smallest absolute Gasteiger partial charge is 0.306 e. The lowest BCUT2D eigenvalue weighted by Gasteiger charge is -2.21. The number of hydrogen-bond donors (Lipinski definition) is 0. The van der Waals surface area contributed by atoms with E-state index in [4.69, 9.17) is 9.47 Å². The molecule has 1 fully saturated rings. The van der Waals surface area contributed by atoms with Gasteiger partial charge in [-0.1, -0.05) is 195 Å². The summed E-state index contributed by atoms with van der Waals surface area (Å²) in [5.41, 5.74) is 0. The second-order valence-corrected chi connectivity index (χ2v) is 18.3. The number of rotatable bonds is 43. The summed E-state index contributed by atoms with van der Waals surface area (Å²) < 4.78 is 11.3. The molecule has 0 bridgehead atoms. The Morgan fingerprint density at radius 2 is 0.696 bits per heavy atom. The van der Waals surface area contributed by atoms with Crippen molar-refractivity contribution < 1.29 is 19.1 Å². The van der Waals surface area contributed by atoms with E-state index in [1.807, 2.05) is 0 Å². The Bertz CT molecular complexity index is 764. The Kier molecular flexibility index (Phi) is 38.4. The summed E-state index contributed by atoms with van der Waals surface area (Å²) in [5, 5.41) is 0. The summed E-state index contributed by atoms with van der Waals surface area (Å²) >= 11 is 0. The van der Waals surface area contributed by atoms with E-state index < -0.39 is 0 Å². The number of likely N-dealkylation sites (tertiary alicyclic amines) is 1. The lowest BCUT2D eigenvalue weighted by molar-refractivity contribution is -0.146. The fraction of sp³-hybridized carbons (Fsp3) is 0.961. The van der Waals surface area contributed by atoms with Crippen molar-refractivity contribution >= 4 is 11.9 Å². The van der Waals surface area contributed by atoms with Crippen LogP contribution in [0, 0.1) is 17.8 Å². The van der Waals surface area contributed by atoms with Gasteiger partial charge in [0.25, 0.3) is 0 Å². The van der Waals surface area contributed by atoms with Crippen LogP contribution in [0.5, 0.6) is 0 Å². The second kappa shape index (κ2) is 40.7. The average Bonchev–Trinajstić information content (AvgIpc) is 3.72. The topological polar surface area (TPSA) is 55.8 Å². The zero-order valence-electron chi connectivity index (χ0n) is 38.5. The molecule has 0 aliphatic carbocycles. The van der Waals surface area contributed by atoms with Crippen molar-refractivity contribution in [3.8, 4) is 0 Å². The molecule has 5 nitrogen and oxygen atoms in total. The molecule has 1 heterocycles. The third kappa shape index (κ3) is 33.8. The van der Waals surface area contributed by atoms with Crippen LogP contribution < -0.4 is 0 Å². The van der Waals surface area contributed by atoms with E-state index in [2.05, 4.69) is 32.6 Å². The number of hydrogen-bond acceptors (Lipinski definition) is 5. The molecule has 0 amide bonds. The summed E-state index contributed by atoms with van der Waals surface area (Å²) in [6, 6.07) is 0. The van der Waals surface area contributed by atoms with Gasteiger partial charge in [0.1, 0.15) is 0 Å². The molecule has 0 spiro atoms. The first-order chi connectivity index (χ1) is 27.5. The maximum absolute atomic E-state index is 12.5. The van der Waals surface area contributed by atoms with Gasteiger partial charge in [-0.05, 0) is 95.2 Å². The molecular formula is C51H99NO4. The minimum Gasteiger partial charge on any atom is -0.466 e. The highest BCUT2D eigenvalue weighted by Crippen LogP contribution is 2.25. The number of esters is 2. The average molecular weight is 790 g/mol. The third-order valence-corrected chi connectivity index (χ3v) is 12.9. The van der Waals surface area contributed by atoms with Crippen molar-refractivity contribution in [3.63, 3.8) is 0 Å². The van der Waals surface area contributed by atoms with Crippen LogP contribution in [0.25, 0.3) is 0 Å². The second-order valence-electron chi connectivity index (χ2n) is 18.3. The number of carbonyl (C=O) groups excluding carboxylic acids is 2. The first kappa shape index (κ1) is 52.9. The van der Waals surface area contributed by atoms with Crippen LogP contribution in [-0.2, 0) is 19.1 Å². The van der Waals surface area contributed by atoms with Gasteiger partial charge in [0.05, 0.1) is 13.2 Å². The van der Waals surface area contributed by atoms with Crippen LogP contribution in [0.3, 0.4) is 0 Å². The van der Waals surface area contributed by atoms with E-state index in [0.29, 0.717) is 37.9 Å². The fourth-order valence-electron chi connectivity index (χ4n) is 9.03. The van der Waals surface area contributed by atoms with Crippen molar-refractivity contribution in [1.29, 1.82) is 0 Å². The molecule has 0 atom stereocenters. The Balaban J connectivity index is 2.14. The highest BCUT2D eigenvalue weighted by atomic mass is 16.5. The van der Waals surface area contributed by atoms with Gasteiger partial charge in [-0.25, -0.2) is 0 Å². The first-order valence-electron chi connectivity index (χ1n) is 25.6. The third-order valence-electron chi connectivity index (χ3n) is 12.9. The number of ether oxygens (including phenoxy) is 2. The molecular weight excluding hydrogens is 691 g/mol. The molecule has 1 aliphatic heterocycles. The molecule has 332 valence electrons. The number of nitrogens with zero attached hydrogens (tertiary/aromatic N) is 1. The molecule has 0 aromatic heterocycles. The minimum absolute atomic E-state index is 0.0444. The summed E-state index contributed by atoms with van der Waals surface area (Å²) in [6.07, 6.45) is 46.0. The predicted molar refractivity (Wildman–Crippen MR) is 242 cm³/mol. The van der Waals surface area contributed by atoms with Gasteiger partial charge in [0, 0.05) is 12.8 Å². The quantitative estimate of drug-likeness (QED) is 0.0455. The van der Waals surface area contributed by atoms with E-state index in [9.17, 15) is 9.59 Å². The zero-order valence-corrected chi connectivity index (χ0v) is 38.5. The Labute approximate surface area is 350 Å². The highest BCUT2D eigenvalue weighted by molar-refractivity contribution is 5.70. The van der Waals surface area contributed by atoms with Crippen molar-refractivity contribution in [2.75, 3.05) is 32.8 Å². The number of unbranched alkanes of at least 4 members (excludes halogenated alkanes) is 20. The van der Waals surface area contributed by atoms with Crippen molar-refractivity contribution in [3.05, 3.63) is 0 Å². The highest BCUT2D eigenvalue weighted by Gasteiger charge is 2.17. The molecule has 0 unspecified atom stereocenters. The lowest BCUT2D eigenvalue weighted by atomic mass is 9.91. The fourth-order valence-corrected chi connectivity index (χ4v) is 9.03. The molecule has 56 heavy (non-hydrogen) atoms. The summed E-state index contributed by atoms with van der Waals surface area (Å²) in [4.78, 5) is 27.7. The Morgan fingerprint density at radius 1 is 0.393 bits per heavy atom. The van der Waals surface area contributed by atoms with Gasteiger partial charge in [-0.3, -0.25) is 9.59 Å². The van der Waals surface area contributed by atoms with Gasteiger partial charge < -0.3 is 14.4 Å². The molecule has 0 saturated carbocycles. The van der Waals surface area contributed by atoms with Gasteiger partial charge in [0.2, 0.25) is 0 Å². The molecule has 0 aromatic rings. The number of carbonyl (C=O) groups is 2. The molecule has 0 aromatic carbocycles. The summed E-state index contributed by atoms with van der Waals surface area (Å²) in [7, 11) is 0. The van der Waals surface area contributed by atoms with Gasteiger partial charge in [-0.15, -0.1) is 0 Å². The van der Waals surface area contributed by atoms with E-state index >= 15 is 0 Å². The van der Waals surface area contributed by atoms with Gasteiger partial charge in [0.15, 0.2) is 0 Å². The maximum atomic E-state index is 12.5. The molecule has 1 aliphatic rings. The SMILES string of the molecule is CCCCCC(CCCCC)CC(=O)OCCCCCCCCCC(CCCCCCCCCOC(=O)CC(CCCCC)CCCCC)CCN1CCCC1. The zero-order chi connectivity index (χ0) is 40.6. The minimum atomic E-state index is 0.0444. The van der Waals surface area contributed by atoms with Crippen LogP contribution >= 0.6 is 0 Å². The van der Waals surface area contributed by atoms with E-state index in [1.54, 1.807) is 0 Å². The van der Waals surface area contributed by atoms with E-state index in [-0.39, 0.29) is 11.9 Å². The van der Waals surface area contributed by atoms with Crippen molar-refractivity contribution in [2.24, 2.45) is 17.8 Å². The normalized spacial score (nSPS) is 13.5. The summed E-state index contributed by atoms with van der Waals surface area (Å²) in [6.45, 7) is 14.2. The van der Waals surface area contributed by atoms with Crippen LogP contribution in [0.15, 0.2) is 0 Å². The predicted octanol–water partition coefficient (Wildman–Crippen LogP) is 15.8. The van der Waals surface area contributed by atoms with Crippen molar-refractivity contribution in [1.82, 2.24) is 4.90 Å². The van der Waals surface area contributed by atoms with Crippen LogP contribution in [-0.4, -0.2) is 49.7 Å². The Hall–Kier alpha value is -1.10. The van der Waals surface area contributed by atoms with Crippen LogP contribution in [0.2, 0.25) is 0 Å². The monoisotopic (exact) mass is 790 g/mol. The van der Waals surface area contributed by atoms with Crippen LogP contribution in [0.1, 0.15) is 265 Å². The summed E-state index contributed by atoms with van der Waals surface area (Å²) in [5.74, 6) is 2.03. The van der Waals surface area contributed by atoms with Crippen LogP contribution in [0.4, 0.5) is 0 Å². The Morgan fingerprint density at radius 3 is 1.05 bits per heavy atom. The van der Waals surface area contributed by atoms with Gasteiger partial charge in [-0.2, -0.15) is 0 Å². The van der Waals surface area contributed by atoms with Gasteiger partial charge >= 0.3 is 11.9 Å². The van der Waals surface area contributed by atoms with E-state index in [0.717, 1.165) is 18.8 Å². The standard InChI is InChI=1S/C51H99NO4/c1-5-9-23-35-48(36-24-10-6-2)45-50(53)55-43-31-21-17-13-15-19-27-33-47(39-42-52-40-29-30-41-52)34-28-20-16-14-18-22-32-44-56-51(54)46-49(37-25-11-7-3)38-26-12-8-4/h47-49H,5-46H2,1-4H3. The maximum Gasteiger partial charge on any atom is 0.306 e. The van der Waals surface area contributed by atoms with E-state index in [1.165, 1.54) is 232 Å². The molecule has 1 saturated heterocycles. The molecule has 5 heteroatoms. The lowest BCUT2D eigenvalue weighted by Crippen LogP contribution is -2.22. The molecule has 0 radical (unpaired) electrons. The first-order valence-corrected chi connectivity index (χ1v) is 25.6. The molecule has 1 rings (SSSR count). The largest absolute Gasteiger partial charge is 0.466 e. The molecule has 0 N–H and O–H groups in total. The van der Waals surface area contributed by atoms with Crippen molar-refractivity contribution in [2.45, 2.75) is 265 Å².